The molecule has 0 aliphatic carbocycles. The molecule has 0 aromatic rings. The van der Waals surface area contributed by atoms with Gasteiger partial charge in [0.2, 0.25) is 10.0 Å². The molecule has 0 bridgehead atoms. The first-order valence-electron chi connectivity index (χ1n) is 3.87. The lowest BCUT2D eigenvalue weighted by atomic mass is 10.5. The molecule has 0 saturated carbocycles. The fourth-order valence-corrected chi connectivity index (χ4v) is 3.37. The number of thioether (sulfide) groups is 1. The van der Waals surface area contributed by atoms with Crippen molar-refractivity contribution in [3.8, 4) is 0 Å². The Balaban J connectivity index is 2.96. The SMILES string of the molecule is CS(=O)(=O)N1CCCSC1=C[N+](=O)[O-]. The Hall–Kier alpha value is -0.760. The maximum Gasteiger partial charge on any atom is 0.265 e. The highest BCUT2D eigenvalue weighted by atomic mass is 32.2. The Morgan fingerprint density at radius 2 is 2.29 bits per heavy atom. The van der Waals surface area contributed by atoms with Gasteiger partial charge in [-0.15, -0.1) is 11.8 Å². The van der Waals surface area contributed by atoms with Crippen LogP contribution in [0.3, 0.4) is 0 Å². The number of nitrogens with zero attached hydrogens (tertiary/aromatic N) is 2. The second kappa shape index (κ2) is 4.18. The molecule has 0 aromatic heterocycles. The first-order valence-corrected chi connectivity index (χ1v) is 6.70. The van der Waals surface area contributed by atoms with Gasteiger partial charge in [-0.2, -0.15) is 0 Å². The second-order valence-electron chi connectivity index (χ2n) is 2.79. The van der Waals surface area contributed by atoms with Crippen LogP contribution in [-0.2, 0) is 10.0 Å². The van der Waals surface area contributed by atoms with Gasteiger partial charge in [0.05, 0.1) is 11.2 Å². The van der Waals surface area contributed by atoms with E-state index in [1.807, 2.05) is 0 Å². The summed E-state index contributed by atoms with van der Waals surface area (Å²) in [5.74, 6) is 0.714. The molecule has 1 fully saturated rings. The molecule has 8 heteroatoms. The summed E-state index contributed by atoms with van der Waals surface area (Å²) in [5.41, 5.74) is 0. The van der Waals surface area contributed by atoms with E-state index in [1.165, 1.54) is 11.8 Å². The second-order valence-corrected chi connectivity index (χ2v) is 5.81. The van der Waals surface area contributed by atoms with E-state index in [0.29, 0.717) is 18.7 Å². The van der Waals surface area contributed by atoms with Crippen molar-refractivity contribution < 1.29 is 13.3 Å². The van der Waals surface area contributed by atoms with Crippen molar-refractivity contribution in [1.82, 2.24) is 4.31 Å². The van der Waals surface area contributed by atoms with Crippen molar-refractivity contribution in [2.24, 2.45) is 0 Å². The van der Waals surface area contributed by atoms with E-state index >= 15 is 0 Å². The molecule has 0 atom stereocenters. The molecular weight excluding hydrogens is 228 g/mol. The fraction of sp³-hybridized carbons (Fsp3) is 0.667. The molecule has 0 aromatic carbocycles. The van der Waals surface area contributed by atoms with Crippen LogP contribution in [0.25, 0.3) is 0 Å². The van der Waals surface area contributed by atoms with E-state index in [9.17, 15) is 18.5 Å². The van der Waals surface area contributed by atoms with Gasteiger partial charge in [0.1, 0.15) is 0 Å². The third-order valence-corrected chi connectivity index (χ3v) is 4.03. The van der Waals surface area contributed by atoms with Crippen molar-refractivity contribution >= 4 is 21.8 Å². The van der Waals surface area contributed by atoms with Crippen LogP contribution in [0.1, 0.15) is 6.42 Å². The average Bonchev–Trinajstić information content (AvgIpc) is 2.01. The van der Waals surface area contributed by atoms with Crippen LogP contribution in [-0.4, -0.2) is 36.2 Å². The molecule has 6 nitrogen and oxygen atoms in total. The van der Waals surface area contributed by atoms with Crippen molar-refractivity contribution in [2.45, 2.75) is 6.42 Å². The van der Waals surface area contributed by atoms with Gasteiger partial charge in [0, 0.05) is 12.3 Å². The standard InChI is InChI=1S/C6H10N2O4S2/c1-14(11,12)7-3-2-4-13-6(7)5-8(9)10/h5H,2-4H2,1H3. The molecule has 0 spiro atoms. The summed E-state index contributed by atoms with van der Waals surface area (Å²) in [6.45, 7) is 0.325. The van der Waals surface area contributed by atoms with E-state index in [0.717, 1.165) is 16.8 Å². The summed E-state index contributed by atoms with van der Waals surface area (Å²) in [4.78, 5) is 9.60. The Bertz CT molecular complexity index is 362. The molecule has 0 N–H and O–H groups in total. The summed E-state index contributed by atoms with van der Waals surface area (Å²) in [7, 11) is -3.38. The van der Waals surface area contributed by atoms with Crippen LogP contribution in [0, 0.1) is 10.1 Å². The molecule has 14 heavy (non-hydrogen) atoms. The minimum atomic E-state index is -3.38. The number of sulfonamides is 1. The molecule has 0 radical (unpaired) electrons. The molecule has 80 valence electrons. The number of hydrogen-bond acceptors (Lipinski definition) is 5. The zero-order valence-corrected chi connectivity index (χ0v) is 9.18. The number of nitro groups is 1. The largest absolute Gasteiger partial charge is 0.265 e. The molecule has 1 saturated heterocycles. The normalized spacial score (nSPS) is 21.2. The van der Waals surface area contributed by atoms with E-state index in [2.05, 4.69) is 0 Å². The van der Waals surface area contributed by atoms with Gasteiger partial charge < -0.3 is 0 Å². The zero-order chi connectivity index (χ0) is 10.8. The summed E-state index contributed by atoms with van der Waals surface area (Å²) in [5, 5.41) is 10.4. The third-order valence-electron chi connectivity index (χ3n) is 1.62. The van der Waals surface area contributed by atoms with Crippen LogP contribution in [0.2, 0.25) is 0 Å². The Kier molecular flexibility index (Phi) is 3.38. The Morgan fingerprint density at radius 3 is 2.79 bits per heavy atom. The van der Waals surface area contributed by atoms with Crippen LogP contribution in [0.5, 0.6) is 0 Å². The van der Waals surface area contributed by atoms with Gasteiger partial charge in [-0.1, -0.05) is 0 Å². The van der Waals surface area contributed by atoms with E-state index in [1.54, 1.807) is 0 Å². The number of hydrogen-bond donors (Lipinski definition) is 0. The van der Waals surface area contributed by atoms with Gasteiger partial charge in [-0.25, -0.2) is 8.42 Å². The first-order chi connectivity index (χ1) is 6.41. The molecule has 1 aliphatic rings. The molecule has 1 heterocycles. The molecule has 0 unspecified atom stereocenters. The summed E-state index contributed by atoms with van der Waals surface area (Å²) in [6, 6.07) is 0. The maximum atomic E-state index is 11.2. The van der Waals surface area contributed by atoms with Crippen LogP contribution >= 0.6 is 11.8 Å². The maximum absolute atomic E-state index is 11.2. The summed E-state index contributed by atoms with van der Waals surface area (Å²) in [6.07, 6.45) is 2.50. The van der Waals surface area contributed by atoms with Gasteiger partial charge in [-0.3, -0.25) is 14.4 Å². The highest BCUT2D eigenvalue weighted by Gasteiger charge is 2.25. The quantitative estimate of drug-likeness (QED) is 0.515. The average molecular weight is 238 g/mol. The van der Waals surface area contributed by atoms with Crippen LogP contribution < -0.4 is 0 Å². The lowest BCUT2D eigenvalue weighted by Crippen LogP contribution is -2.32. The highest BCUT2D eigenvalue weighted by molar-refractivity contribution is 8.03. The smallest absolute Gasteiger partial charge is 0.259 e. The highest BCUT2D eigenvalue weighted by Crippen LogP contribution is 2.28. The molecule has 1 aliphatic heterocycles. The van der Waals surface area contributed by atoms with E-state index in [4.69, 9.17) is 0 Å². The van der Waals surface area contributed by atoms with Crippen molar-refractivity contribution in [1.29, 1.82) is 0 Å². The van der Waals surface area contributed by atoms with Crippen LogP contribution in [0.15, 0.2) is 11.2 Å². The number of rotatable bonds is 2. The summed E-state index contributed by atoms with van der Waals surface area (Å²) >= 11 is 1.19. The third kappa shape index (κ3) is 2.88. The minimum Gasteiger partial charge on any atom is -0.259 e. The monoisotopic (exact) mass is 238 g/mol. The van der Waals surface area contributed by atoms with Gasteiger partial charge >= 0.3 is 0 Å². The van der Waals surface area contributed by atoms with Gasteiger partial charge in [-0.05, 0) is 6.42 Å². The molecule has 0 amide bonds. The van der Waals surface area contributed by atoms with Crippen LogP contribution in [0.4, 0.5) is 0 Å². The predicted molar refractivity (Wildman–Crippen MR) is 53.7 cm³/mol. The Morgan fingerprint density at radius 1 is 1.64 bits per heavy atom. The minimum absolute atomic E-state index is 0.198. The first kappa shape index (κ1) is 11.3. The lowest BCUT2D eigenvalue weighted by Gasteiger charge is -2.26. The topological polar surface area (TPSA) is 80.5 Å². The fourth-order valence-electron chi connectivity index (χ4n) is 1.09. The van der Waals surface area contributed by atoms with E-state index in [-0.39, 0.29) is 5.03 Å². The van der Waals surface area contributed by atoms with Crippen molar-refractivity contribution in [3.05, 3.63) is 21.3 Å². The molecular formula is C6H10N2O4S2. The van der Waals surface area contributed by atoms with Gasteiger partial charge in [0.25, 0.3) is 6.20 Å². The Labute approximate surface area is 86.2 Å². The zero-order valence-electron chi connectivity index (χ0n) is 7.54. The van der Waals surface area contributed by atoms with E-state index < -0.39 is 14.9 Å². The van der Waals surface area contributed by atoms with Gasteiger partial charge in [0.15, 0.2) is 5.03 Å². The molecule has 1 rings (SSSR count). The lowest BCUT2D eigenvalue weighted by molar-refractivity contribution is -0.403. The summed E-state index contributed by atoms with van der Waals surface area (Å²) < 4.78 is 23.5. The van der Waals surface area contributed by atoms with Crippen molar-refractivity contribution in [2.75, 3.05) is 18.6 Å². The van der Waals surface area contributed by atoms with Crippen molar-refractivity contribution in [3.63, 3.8) is 0 Å². The predicted octanol–water partition coefficient (Wildman–Crippen LogP) is 0.461.